The molecule has 0 spiro atoms. The van der Waals surface area contributed by atoms with Crippen LogP contribution in [-0.4, -0.2) is 46.2 Å². The van der Waals surface area contributed by atoms with Gasteiger partial charge < -0.3 is 20.6 Å². The Morgan fingerprint density at radius 3 is 2.54 bits per heavy atom. The first kappa shape index (κ1) is 26.5. The van der Waals surface area contributed by atoms with Crippen LogP contribution in [0.25, 0.3) is 10.4 Å². The molecule has 4 saturated carbocycles. The van der Waals surface area contributed by atoms with E-state index in [1.54, 1.807) is 0 Å². The first-order chi connectivity index (χ1) is 16.6. The van der Waals surface area contributed by atoms with E-state index in [2.05, 4.69) is 36.1 Å². The average Bonchev–Trinajstić information content (AvgIpc) is 3.18. The maximum Gasteiger partial charge on any atom is 0.243 e. The molecule has 4 N–H and O–H groups in total. The largest absolute Gasteiger partial charge is 0.393 e. The van der Waals surface area contributed by atoms with Gasteiger partial charge in [0.05, 0.1) is 25.0 Å². The summed E-state index contributed by atoms with van der Waals surface area (Å²) in [6.07, 6.45) is 10.3. The number of hydrogen-bond donors (Lipinski definition) is 4. The minimum Gasteiger partial charge on any atom is -0.393 e. The highest BCUT2D eigenvalue weighted by Crippen LogP contribution is 2.68. The molecule has 0 heterocycles. The lowest BCUT2D eigenvalue weighted by Crippen LogP contribution is -2.64. The van der Waals surface area contributed by atoms with E-state index in [0.717, 1.165) is 44.9 Å². The van der Waals surface area contributed by atoms with Crippen LogP contribution in [0.15, 0.2) is 17.3 Å². The molecule has 196 valence electrons. The Kier molecular flexibility index (Phi) is 7.87. The van der Waals surface area contributed by atoms with Crippen LogP contribution in [0.3, 0.4) is 0 Å². The summed E-state index contributed by atoms with van der Waals surface area (Å²) in [5.41, 5.74) is 8.44. The van der Waals surface area contributed by atoms with Crippen LogP contribution in [0.5, 0.6) is 0 Å². The Morgan fingerprint density at radius 2 is 1.80 bits per heavy atom. The summed E-state index contributed by atoms with van der Waals surface area (Å²) < 4.78 is 0. The van der Waals surface area contributed by atoms with Crippen LogP contribution in [0.1, 0.15) is 78.6 Å². The van der Waals surface area contributed by atoms with Gasteiger partial charge in [-0.25, -0.2) is 0 Å². The molecular formula is C27H44N4O4. The lowest BCUT2D eigenvalue weighted by molar-refractivity contribution is -0.223. The van der Waals surface area contributed by atoms with Crippen molar-refractivity contribution in [3.8, 4) is 0 Å². The normalized spacial score (nSPS) is 45.7. The zero-order chi connectivity index (χ0) is 25.4. The standard InChI is InChI=1S/C27H44N4O4/c1-16(6-4-5-7-22(33)29-15-30-31-28)18-8-9-19-23-20(11-13-26(18,19)2)27(3)12-10-17(32)14-21(27)24(34)25(23)35/h5,7,16-21,23-25,32,34-35H,4,6,8-15H2,1-3H3,(H,29,33)/b7-5+/t16-,17-,18-,19+,20?,21+,23+,24?,25?,26-,27-/m1/s1. The van der Waals surface area contributed by atoms with Crippen LogP contribution in [-0.2, 0) is 4.79 Å². The molecule has 4 aliphatic rings. The minimum absolute atomic E-state index is 0.00249. The van der Waals surface area contributed by atoms with Gasteiger partial charge in [0.2, 0.25) is 5.91 Å². The monoisotopic (exact) mass is 488 g/mol. The first-order valence-corrected chi connectivity index (χ1v) is 13.6. The number of rotatable bonds is 7. The Morgan fingerprint density at radius 1 is 1.09 bits per heavy atom. The second kappa shape index (κ2) is 10.4. The third kappa shape index (κ3) is 4.75. The Balaban J connectivity index is 1.41. The van der Waals surface area contributed by atoms with Gasteiger partial charge in [0, 0.05) is 4.91 Å². The third-order valence-corrected chi connectivity index (χ3v) is 10.9. The van der Waals surface area contributed by atoms with Crippen LogP contribution in [0.4, 0.5) is 0 Å². The summed E-state index contributed by atoms with van der Waals surface area (Å²) in [7, 11) is 0. The van der Waals surface area contributed by atoms with Crippen LogP contribution in [0.2, 0.25) is 0 Å². The number of aliphatic hydroxyl groups excluding tert-OH is 3. The van der Waals surface area contributed by atoms with E-state index >= 15 is 0 Å². The van der Waals surface area contributed by atoms with Gasteiger partial charge in [-0.15, -0.1) is 0 Å². The number of aliphatic hydroxyl groups is 3. The fourth-order valence-corrected chi connectivity index (χ4v) is 9.17. The number of carbonyl (C=O) groups is 1. The highest BCUT2D eigenvalue weighted by molar-refractivity contribution is 5.87. The molecule has 35 heavy (non-hydrogen) atoms. The third-order valence-electron chi connectivity index (χ3n) is 10.9. The molecule has 0 aromatic heterocycles. The highest BCUT2D eigenvalue weighted by Gasteiger charge is 2.65. The molecule has 0 aromatic carbocycles. The zero-order valence-corrected chi connectivity index (χ0v) is 21.5. The number of hydrogen-bond acceptors (Lipinski definition) is 5. The molecule has 11 atom stereocenters. The van der Waals surface area contributed by atoms with Crippen molar-refractivity contribution in [3.63, 3.8) is 0 Å². The molecule has 1 amide bonds. The van der Waals surface area contributed by atoms with Crippen LogP contribution >= 0.6 is 0 Å². The van der Waals surface area contributed by atoms with E-state index < -0.39 is 12.2 Å². The molecule has 0 aliphatic heterocycles. The molecule has 4 rings (SSSR count). The summed E-state index contributed by atoms with van der Waals surface area (Å²) >= 11 is 0. The summed E-state index contributed by atoms with van der Waals surface area (Å²) in [6, 6.07) is 0. The number of nitrogens with zero attached hydrogens (tertiary/aromatic N) is 3. The molecular weight excluding hydrogens is 444 g/mol. The van der Waals surface area contributed by atoms with Crippen molar-refractivity contribution in [3.05, 3.63) is 22.6 Å². The van der Waals surface area contributed by atoms with E-state index in [-0.39, 0.29) is 41.3 Å². The second-order valence-corrected chi connectivity index (χ2v) is 12.4. The maximum atomic E-state index is 11.8. The van der Waals surface area contributed by atoms with E-state index in [0.29, 0.717) is 30.1 Å². The van der Waals surface area contributed by atoms with Crippen molar-refractivity contribution in [2.45, 2.75) is 96.9 Å². The number of nitrogens with one attached hydrogen (secondary N) is 1. The molecule has 8 heteroatoms. The molecule has 0 bridgehead atoms. The molecule has 8 nitrogen and oxygen atoms in total. The van der Waals surface area contributed by atoms with Crippen molar-refractivity contribution in [2.75, 3.05) is 6.67 Å². The lowest BCUT2D eigenvalue weighted by atomic mass is 9.43. The quantitative estimate of drug-likeness (QED) is 0.184. The fraction of sp³-hybridized carbons (Fsp3) is 0.889. The summed E-state index contributed by atoms with van der Waals surface area (Å²) in [4.78, 5) is 14.4. The molecule has 0 saturated heterocycles. The smallest absolute Gasteiger partial charge is 0.243 e. The number of amides is 1. The number of azide groups is 1. The Hall–Kier alpha value is -1.60. The predicted molar refractivity (Wildman–Crippen MR) is 134 cm³/mol. The number of fused-ring (bicyclic) bond motifs is 5. The molecule has 0 radical (unpaired) electrons. The number of carbonyl (C=O) groups excluding carboxylic acids is 1. The predicted octanol–water partition coefficient (Wildman–Crippen LogP) is 4.30. The Labute approximate surface area is 209 Å². The van der Waals surface area contributed by atoms with Gasteiger partial charge in [-0.2, -0.15) is 0 Å². The second-order valence-electron chi connectivity index (χ2n) is 12.4. The van der Waals surface area contributed by atoms with Gasteiger partial charge in [0.1, 0.15) is 0 Å². The maximum absolute atomic E-state index is 11.8. The van der Waals surface area contributed by atoms with Gasteiger partial charge in [-0.05, 0) is 116 Å². The summed E-state index contributed by atoms with van der Waals surface area (Å²) in [5.74, 6) is 1.79. The van der Waals surface area contributed by atoms with Crippen molar-refractivity contribution in [2.24, 2.45) is 51.5 Å². The van der Waals surface area contributed by atoms with Gasteiger partial charge in [0.25, 0.3) is 0 Å². The number of allylic oxidation sites excluding steroid dienone is 1. The zero-order valence-electron chi connectivity index (χ0n) is 21.5. The average molecular weight is 489 g/mol. The van der Waals surface area contributed by atoms with Crippen molar-refractivity contribution in [1.82, 2.24) is 5.32 Å². The fourth-order valence-electron chi connectivity index (χ4n) is 9.17. The Bertz CT molecular complexity index is 860. The van der Waals surface area contributed by atoms with Crippen molar-refractivity contribution >= 4 is 5.91 Å². The lowest BCUT2D eigenvalue weighted by Gasteiger charge is -2.63. The van der Waals surface area contributed by atoms with E-state index in [4.69, 9.17) is 5.53 Å². The summed E-state index contributed by atoms with van der Waals surface area (Å²) in [5, 5.41) is 38.7. The molecule has 4 aliphatic carbocycles. The molecule has 0 aromatic rings. The molecule has 3 unspecified atom stereocenters. The van der Waals surface area contributed by atoms with Gasteiger partial charge >= 0.3 is 0 Å². The van der Waals surface area contributed by atoms with Crippen LogP contribution < -0.4 is 5.32 Å². The van der Waals surface area contributed by atoms with Gasteiger partial charge in [-0.3, -0.25) is 4.79 Å². The van der Waals surface area contributed by atoms with Gasteiger partial charge in [0.15, 0.2) is 0 Å². The first-order valence-electron chi connectivity index (χ1n) is 13.6. The highest BCUT2D eigenvalue weighted by atomic mass is 16.3. The van der Waals surface area contributed by atoms with E-state index in [1.807, 2.05) is 6.08 Å². The topological polar surface area (TPSA) is 139 Å². The summed E-state index contributed by atoms with van der Waals surface area (Å²) in [6.45, 7) is 7.04. The minimum atomic E-state index is -0.745. The van der Waals surface area contributed by atoms with E-state index in [1.165, 1.54) is 12.5 Å². The molecule has 4 fully saturated rings. The van der Waals surface area contributed by atoms with Crippen molar-refractivity contribution < 1.29 is 20.1 Å². The van der Waals surface area contributed by atoms with E-state index in [9.17, 15) is 20.1 Å². The van der Waals surface area contributed by atoms with Crippen LogP contribution in [0, 0.1) is 46.3 Å². The SMILES string of the molecule is C[C@H](CC/C=C/C(=O)NCN=[N+]=[N-])[C@H]1CC[C@H]2[C@@H]3C(O)C(O)[C@@H]4C[C@H](O)CC[C@]4(C)C3CC[C@]12C. The van der Waals surface area contributed by atoms with Gasteiger partial charge in [-0.1, -0.05) is 32.0 Å². The van der Waals surface area contributed by atoms with Crippen molar-refractivity contribution in [1.29, 1.82) is 0 Å².